The molecule has 7 heteroatoms. The van der Waals surface area contributed by atoms with Gasteiger partial charge in [0.2, 0.25) is 0 Å². The number of hydrogen-bond donors (Lipinski definition) is 1. The molecule has 136 valence electrons. The summed E-state index contributed by atoms with van der Waals surface area (Å²) in [4.78, 5) is 9.03. The maximum absolute atomic E-state index is 5.38. The fraction of sp³-hybridized carbons (Fsp3) is 0.706. The van der Waals surface area contributed by atoms with Gasteiger partial charge in [-0.15, -0.1) is 0 Å². The summed E-state index contributed by atoms with van der Waals surface area (Å²) in [7, 11) is 5.98. The Kier molecular flexibility index (Phi) is 8.08. The third-order valence-electron chi connectivity index (χ3n) is 4.33. The van der Waals surface area contributed by atoms with E-state index in [0.29, 0.717) is 0 Å². The molecule has 1 N–H and O–H groups in total. The zero-order chi connectivity index (χ0) is 17.4. The molecule has 2 rings (SSSR count). The summed E-state index contributed by atoms with van der Waals surface area (Å²) >= 11 is 3.52. The lowest BCUT2D eigenvalue weighted by Crippen LogP contribution is -2.40. The minimum absolute atomic E-state index is 0.829. The predicted molar refractivity (Wildman–Crippen MR) is 102 cm³/mol. The first-order valence-corrected chi connectivity index (χ1v) is 9.42. The third-order valence-corrected chi connectivity index (χ3v) is 4.77. The second-order valence-corrected chi connectivity index (χ2v) is 7.17. The Morgan fingerprint density at radius 3 is 2.75 bits per heavy atom. The van der Waals surface area contributed by atoms with Gasteiger partial charge in [0, 0.05) is 57.1 Å². The van der Waals surface area contributed by atoms with Crippen molar-refractivity contribution in [2.24, 2.45) is 12.0 Å². The van der Waals surface area contributed by atoms with Crippen LogP contribution < -0.4 is 5.32 Å². The maximum atomic E-state index is 5.38. The van der Waals surface area contributed by atoms with E-state index in [1.807, 2.05) is 7.05 Å². The number of nitrogens with one attached hydrogen (secondary N) is 1. The van der Waals surface area contributed by atoms with Crippen molar-refractivity contribution >= 4 is 21.9 Å². The van der Waals surface area contributed by atoms with Gasteiger partial charge in [0.15, 0.2) is 5.96 Å². The summed E-state index contributed by atoms with van der Waals surface area (Å²) in [6.45, 7) is 6.86. The Balaban J connectivity index is 1.66. The van der Waals surface area contributed by atoms with Crippen LogP contribution in [-0.4, -0.2) is 73.8 Å². The Hall–Kier alpha value is -1.05. The quantitative estimate of drug-likeness (QED) is 0.432. The van der Waals surface area contributed by atoms with E-state index in [1.54, 1.807) is 0 Å². The van der Waals surface area contributed by atoms with Crippen molar-refractivity contribution in [3.8, 4) is 0 Å². The van der Waals surface area contributed by atoms with Gasteiger partial charge < -0.3 is 19.5 Å². The van der Waals surface area contributed by atoms with E-state index in [2.05, 4.69) is 67.0 Å². The molecule has 1 fully saturated rings. The molecule has 0 saturated carbocycles. The van der Waals surface area contributed by atoms with Gasteiger partial charge in [0.25, 0.3) is 0 Å². The van der Waals surface area contributed by atoms with Crippen molar-refractivity contribution in [2.45, 2.75) is 19.4 Å². The van der Waals surface area contributed by atoms with Crippen LogP contribution in [0.2, 0.25) is 0 Å². The topological polar surface area (TPSA) is 45.0 Å². The largest absolute Gasteiger partial charge is 0.379 e. The van der Waals surface area contributed by atoms with Crippen molar-refractivity contribution < 1.29 is 4.74 Å². The summed E-state index contributed by atoms with van der Waals surface area (Å²) < 4.78 is 8.62. The molecule has 0 aliphatic carbocycles. The summed E-state index contributed by atoms with van der Waals surface area (Å²) in [6.07, 6.45) is 4.43. The molecule has 0 amide bonds. The summed E-state index contributed by atoms with van der Waals surface area (Å²) in [5, 5.41) is 3.47. The fourth-order valence-electron chi connectivity index (χ4n) is 2.91. The number of ether oxygens (including phenoxy) is 1. The van der Waals surface area contributed by atoms with Crippen LogP contribution >= 0.6 is 15.9 Å². The molecule has 0 radical (unpaired) electrons. The zero-order valence-electron chi connectivity index (χ0n) is 15.1. The van der Waals surface area contributed by atoms with Crippen LogP contribution in [0.5, 0.6) is 0 Å². The number of aliphatic imine (C=N–C) groups is 1. The van der Waals surface area contributed by atoms with Crippen molar-refractivity contribution in [1.82, 2.24) is 19.7 Å². The molecule has 2 heterocycles. The average Bonchev–Trinajstić information content (AvgIpc) is 2.89. The Morgan fingerprint density at radius 1 is 1.38 bits per heavy atom. The van der Waals surface area contributed by atoms with E-state index in [9.17, 15) is 0 Å². The number of morpholine rings is 1. The van der Waals surface area contributed by atoms with Gasteiger partial charge in [-0.3, -0.25) is 9.89 Å². The molecule has 0 unspecified atom stereocenters. The number of aromatic nitrogens is 1. The smallest absolute Gasteiger partial charge is 0.193 e. The van der Waals surface area contributed by atoms with Crippen LogP contribution in [0.4, 0.5) is 0 Å². The minimum atomic E-state index is 0.829. The molecule has 0 spiro atoms. The number of halogens is 1. The number of unbranched alkanes of at least 4 members (excludes halogenated alkanes) is 1. The molecular weight excluding hydrogens is 370 g/mol. The lowest BCUT2D eigenvalue weighted by molar-refractivity contribution is 0.0372. The SMILES string of the molecule is CN=C(NCCCCN1CCOCC1)N(C)Cc1cc(Br)cn1C. The molecule has 24 heavy (non-hydrogen) atoms. The molecule has 0 bridgehead atoms. The van der Waals surface area contributed by atoms with Gasteiger partial charge in [-0.05, 0) is 41.4 Å². The van der Waals surface area contributed by atoms with Gasteiger partial charge in [0.1, 0.15) is 0 Å². The third kappa shape index (κ3) is 6.11. The maximum Gasteiger partial charge on any atom is 0.193 e. The Morgan fingerprint density at radius 2 is 2.12 bits per heavy atom. The predicted octanol–water partition coefficient (Wildman–Crippen LogP) is 1.91. The fourth-order valence-corrected chi connectivity index (χ4v) is 3.48. The number of rotatable bonds is 7. The average molecular weight is 400 g/mol. The zero-order valence-corrected chi connectivity index (χ0v) is 16.7. The molecule has 0 aromatic carbocycles. The highest BCUT2D eigenvalue weighted by atomic mass is 79.9. The number of guanidine groups is 1. The highest BCUT2D eigenvalue weighted by molar-refractivity contribution is 9.10. The van der Waals surface area contributed by atoms with Crippen molar-refractivity contribution in [3.63, 3.8) is 0 Å². The van der Waals surface area contributed by atoms with E-state index >= 15 is 0 Å². The normalized spacial score (nSPS) is 16.4. The monoisotopic (exact) mass is 399 g/mol. The van der Waals surface area contributed by atoms with E-state index in [4.69, 9.17) is 4.74 Å². The van der Waals surface area contributed by atoms with E-state index in [0.717, 1.165) is 62.8 Å². The molecule has 0 atom stereocenters. The minimum Gasteiger partial charge on any atom is -0.379 e. The van der Waals surface area contributed by atoms with Crippen molar-refractivity contribution in [1.29, 1.82) is 0 Å². The summed E-state index contributed by atoms with van der Waals surface area (Å²) in [5.41, 5.74) is 1.25. The van der Waals surface area contributed by atoms with Gasteiger partial charge in [0.05, 0.1) is 19.8 Å². The number of aryl methyl sites for hydroxylation is 1. The Bertz CT molecular complexity index is 525. The molecule has 6 nitrogen and oxygen atoms in total. The van der Waals surface area contributed by atoms with Crippen LogP contribution in [0.1, 0.15) is 18.5 Å². The molecule has 1 aliphatic heterocycles. The summed E-state index contributed by atoms with van der Waals surface area (Å²) in [6, 6.07) is 2.14. The van der Waals surface area contributed by atoms with Crippen molar-refractivity contribution in [3.05, 3.63) is 22.4 Å². The molecule has 1 aliphatic rings. The molecule has 1 saturated heterocycles. The van der Waals surface area contributed by atoms with Gasteiger partial charge >= 0.3 is 0 Å². The summed E-state index contributed by atoms with van der Waals surface area (Å²) in [5.74, 6) is 0.943. The first kappa shape index (κ1) is 19.3. The standard InChI is InChI=1S/C17H30BrN5O/c1-19-17(22(3)14-16-12-15(18)13-21(16)2)20-6-4-5-7-23-8-10-24-11-9-23/h12-13H,4-11,14H2,1-3H3,(H,19,20). The first-order valence-electron chi connectivity index (χ1n) is 8.63. The lowest BCUT2D eigenvalue weighted by Gasteiger charge is -2.26. The molecular formula is C17H30BrN5O. The van der Waals surface area contributed by atoms with Crippen LogP contribution in [0.25, 0.3) is 0 Å². The second kappa shape index (κ2) is 10.1. The van der Waals surface area contributed by atoms with Crippen LogP contribution in [0.3, 0.4) is 0 Å². The van der Waals surface area contributed by atoms with Crippen molar-refractivity contribution in [2.75, 3.05) is 53.5 Å². The van der Waals surface area contributed by atoms with Gasteiger partial charge in [-0.1, -0.05) is 0 Å². The highest BCUT2D eigenvalue weighted by Gasteiger charge is 2.11. The lowest BCUT2D eigenvalue weighted by atomic mass is 10.2. The molecule has 1 aromatic rings. The number of nitrogens with zero attached hydrogens (tertiary/aromatic N) is 4. The number of hydrogen-bond acceptors (Lipinski definition) is 3. The van der Waals surface area contributed by atoms with Crippen LogP contribution in [0, 0.1) is 0 Å². The van der Waals surface area contributed by atoms with E-state index in [-0.39, 0.29) is 0 Å². The first-order chi connectivity index (χ1) is 11.6. The van der Waals surface area contributed by atoms with Gasteiger partial charge in [-0.25, -0.2) is 0 Å². The second-order valence-electron chi connectivity index (χ2n) is 6.25. The molecule has 1 aromatic heterocycles. The Labute approximate surface area is 154 Å². The van der Waals surface area contributed by atoms with Gasteiger partial charge in [-0.2, -0.15) is 0 Å². The van der Waals surface area contributed by atoms with E-state index in [1.165, 1.54) is 12.1 Å². The van der Waals surface area contributed by atoms with Crippen LogP contribution in [0.15, 0.2) is 21.7 Å². The highest BCUT2D eigenvalue weighted by Crippen LogP contribution is 2.14. The van der Waals surface area contributed by atoms with Crippen LogP contribution in [-0.2, 0) is 18.3 Å². The van der Waals surface area contributed by atoms with E-state index < -0.39 is 0 Å².